The van der Waals surface area contributed by atoms with Crippen molar-refractivity contribution in [3.63, 3.8) is 0 Å². The van der Waals surface area contributed by atoms with Crippen LogP contribution < -0.4 is 26.5 Å². The maximum Gasteiger partial charge on any atom is 0.435 e. The van der Waals surface area contributed by atoms with E-state index in [4.69, 9.17) is 15.2 Å². The topological polar surface area (TPSA) is 199 Å². The van der Waals surface area contributed by atoms with Crippen LogP contribution in [0.3, 0.4) is 0 Å². The number of aliphatic imine (C=N–C) groups is 2. The van der Waals surface area contributed by atoms with E-state index in [1.807, 2.05) is 60.7 Å². The number of nitrogens with one attached hydrogen (secondary N) is 1. The molecule has 6 rings (SSSR count). The highest BCUT2D eigenvalue weighted by Crippen LogP contribution is 2.30. The Morgan fingerprint density at radius 3 is 2.27 bits per heavy atom. The van der Waals surface area contributed by atoms with Gasteiger partial charge in [0.05, 0.1) is 36.0 Å². The zero-order valence-electron chi connectivity index (χ0n) is 27.9. The number of ether oxygens (including phenoxy) is 2. The lowest BCUT2D eigenvalue weighted by Gasteiger charge is -2.19. The monoisotopic (exact) mass is 700 g/mol. The Balaban J connectivity index is 1.19. The molecule has 1 aromatic heterocycles. The molecule has 52 heavy (non-hydrogen) atoms. The number of nitro benzene ring substituents is 1. The number of amidine groups is 1. The lowest BCUT2D eigenvalue weighted by Crippen LogP contribution is -2.33. The number of benzene rings is 4. The maximum absolute atomic E-state index is 13.7. The predicted octanol–water partition coefficient (Wildman–Crippen LogP) is 4.97. The van der Waals surface area contributed by atoms with Crippen molar-refractivity contribution >= 4 is 29.3 Å². The number of carbonyl (C=O) groups is 1. The van der Waals surface area contributed by atoms with Gasteiger partial charge >= 0.3 is 6.09 Å². The fourth-order valence-corrected chi connectivity index (χ4v) is 5.12. The number of nitrogens with zero attached hydrogens (tertiary/aromatic N) is 5. The average Bonchev–Trinajstić information content (AvgIpc) is 3.99. The Morgan fingerprint density at radius 1 is 0.942 bits per heavy atom. The molecule has 4 aromatic carbocycles. The van der Waals surface area contributed by atoms with Gasteiger partial charge in [0.25, 0.3) is 11.2 Å². The normalized spacial score (nSPS) is 13.0. The first-order valence-electron chi connectivity index (χ1n) is 16.4. The molecule has 1 aliphatic rings. The SMILES string of the molecule is NC(=NC(=O)OCc1ccccc1)c1ccc(CN=C([O-])Cn2c(-c3cc(OCc4ccccc4)cc([N+](=O)[O-])c3)cnc(NC3CC3)c2=O)cc1. The van der Waals surface area contributed by atoms with Gasteiger partial charge in [0, 0.05) is 23.2 Å². The Morgan fingerprint density at radius 2 is 1.62 bits per heavy atom. The van der Waals surface area contributed by atoms with E-state index < -0.39 is 29.0 Å². The van der Waals surface area contributed by atoms with Crippen LogP contribution in [-0.4, -0.2) is 38.3 Å². The molecule has 0 radical (unpaired) electrons. The van der Waals surface area contributed by atoms with Crippen molar-refractivity contribution in [2.45, 2.75) is 45.2 Å². The Bertz CT molecular complexity index is 2170. The molecule has 1 saturated carbocycles. The molecule has 1 aliphatic carbocycles. The van der Waals surface area contributed by atoms with E-state index in [0.717, 1.165) is 24.0 Å². The number of nitrogens with two attached hydrogens (primary N) is 1. The summed E-state index contributed by atoms with van der Waals surface area (Å²) in [6.45, 7) is -0.227. The molecule has 5 aromatic rings. The largest absolute Gasteiger partial charge is 0.861 e. The summed E-state index contributed by atoms with van der Waals surface area (Å²) in [5.74, 6) is -0.359. The molecule has 14 heteroatoms. The van der Waals surface area contributed by atoms with Gasteiger partial charge in [-0.25, -0.2) is 9.78 Å². The molecule has 0 bridgehead atoms. The van der Waals surface area contributed by atoms with Gasteiger partial charge in [0.1, 0.15) is 24.8 Å². The van der Waals surface area contributed by atoms with E-state index in [1.54, 1.807) is 30.3 Å². The third-order valence-electron chi connectivity index (χ3n) is 8.02. The van der Waals surface area contributed by atoms with Crippen LogP contribution in [0.25, 0.3) is 11.3 Å². The highest BCUT2D eigenvalue weighted by molar-refractivity contribution is 6.02. The first-order chi connectivity index (χ1) is 25.2. The fourth-order valence-electron chi connectivity index (χ4n) is 5.12. The van der Waals surface area contributed by atoms with Crippen LogP contribution in [0.2, 0.25) is 0 Å². The Kier molecular flexibility index (Phi) is 10.9. The van der Waals surface area contributed by atoms with E-state index >= 15 is 0 Å². The van der Waals surface area contributed by atoms with E-state index in [0.29, 0.717) is 11.1 Å². The van der Waals surface area contributed by atoms with Crippen molar-refractivity contribution < 1.29 is 24.3 Å². The second-order valence-corrected chi connectivity index (χ2v) is 12.0. The van der Waals surface area contributed by atoms with Crippen molar-refractivity contribution in [2.75, 3.05) is 5.32 Å². The smallest absolute Gasteiger partial charge is 0.435 e. The van der Waals surface area contributed by atoms with E-state index in [1.165, 1.54) is 22.9 Å². The van der Waals surface area contributed by atoms with Crippen LogP contribution in [-0.2, 0) is 31.0 Å². The van der Waals surface area contributed by atoms with Crippen LogP contribution >= 0.6 is 0 Å². The summed E-state index contributed by atoms with van der Waals surface area (Å²) < 4.78 is 12.3. The summed E-state index contributed by atoms with van der Waals surface area (Å²) in [6.07, 6.45) is 2.35. The summed E-state index contributed by atoms with van der Waals surface area (Å²) in [7, 11) is 0. The number of non-ortho nitro benzene ring substituents is 1. The molecule has 1 heterocycles. The van der Waals surface area contributed by atoms with E-state index in [-0.39, 0.29) is 60.1 Å². The van der Waals surface area contributed by atoms with Gasteiger partial charge in [-0.3, -0.25) is 24.5 Å². The molecule has 0 unspecified atom stereocenters. The fraction of sp³-hybridized carbons (Fsp3) is 0.184. The first-order valence-corrected chi connectivity index (χ1v) is 16.4. The average molecular weight is 701 g/mol. The minimum absolute atomic E-state index is 0.00803. The number of hydrogen-bond donors (Lipinski definition) is 2. The van der Waals surface area contributed by atoms with Crippen LogP contribution in [0, 0.1) is 10.1 Å². The van der Waals surface area contributed by atoms with Crippen molar-refractivity contribution in [2.24, 2.45) is 15.7 Å². The number of hydrogen-bond acceptors (Lipinski definition) is 10. The summed E-state index contributed by atoms with van der Waals surface area (Å²) in [4.78, 5) is 49.4. The minimum Gasteiger partial charge on any atom is -0.861 e. The minimum atomic E-state index is -0.826. The summed E-state index contributed by atoms with van der Waals surface area (Å²) in [6, 6.07) is 29.4. The van der Waals surface area contributed by atoms with Crippen LogP contribution in [0.5, 0.6) is 5.75 Å². The number of nitro groups is 1. The third kappa shape index (κ3) is 9.44. The van der Waals surface area contributed by atoms with Gasteiger partial charge < -0.3 is 25.6 Å². The molecule has 1 fully saturated rings. The molecular weight excluding hydrogens is 666 g/mol. The zero-order chi connectivity index (χ0) is 36.5. The Hall–Kier alpha value is -6.83. The third-order valence-corrected chi connectivity index (χ3v) is 8.02. The molecule has 14 nitrogen and oxygen atoms in total. The predicted molar refractivity (Wildman–Crippen MR) is 193 cm³/mol. The van der Waals surface area contributed by atoms with Crippen LogP contribution in [0.1, 0.15) is 35.1 Å². The van der Waals surface area contributed by atoms with Crippen molar-refractivity contribution in [3.05, 3.63) is 152 Å². The number of amides is 1. The number of anilines is 1. The van der Waals surface area contributed by atoms with Crippen LogP contribution in [0.4, 0.5) is 16.3 Å². The molecule has 1 amide bonds. The molecule has 0 aliphatic heterocycles. The summed E-state index contributed by atoms with van der Waals surface area (Å²) in [5, 5.41) is 28.2. The molecule has 0 spiro atoms. The standard InChI is InChI=1S/C38H35N7O7/c39-35(43-38(48)52-24-27-9-5-2-6-10-27)28-13-11-25(12-14-28)20-40-34(46)22-44-33(21-41-36(37(44)47)42-30-15-16-30)29-17-31(45(49)50)19-32(18-29)51-23-26-7-3-1-4-8-26/h1-14,17-19,21,30H,15-16,20,22-24H2,(H,40,46)(H,41,42)(H2,39,43,48)/p-1. The summed E-state index contributed by atoms with van der Waals surface area (Å²) in [5.41, 5.74) is 8.46. The number of carbonyl (C=O) groups excluding carboxylic acids is 1. The highest BCUT2D eigenvalue weighted by Gasteiger charge is 2.24. The first kappa shape index (κ1) is 35.0. The van der Waals surface area contributed by atoms with Crippen LogP contribution in [0.15, 0.2) is 124 Å². The molecular formula is C38H34N7O7-. The molecule has 264 valence electrons. The van der Waals surface area contributed by atoms with Gasteiger partial charge in [-0.05, 0) is 41.5 Å². The molecule has 3 N–H and O–H groups in total. The molecule has 0 saturated heterocycles. The van der Waals surface area contributed by atoms with Gasteiger partial charge in [-0.2, -0.15) is 4.99 Å². The van der Waals surface area contributed by atoms with E-state index in [2.05, 4.69) is 20.3 Å². The number of rotatable bonds is 14. The lowest BCUT2D eigenvalue weighted by molar-refractivity contribution is -0.384. The van der Waals surface area contributed by atoms with Gasteiger partial charge in [0.2, 0.25) is 0 Å². The van der Waals surface area contributed by atoms with Crippen molar-refractivity contribution in [1.82, 2.24) is 9.55 Å². The highest BCUT2D eigenvalue weighted by atomic mass is 16.6. The maximum atomic E-state index is 13.7. The Labute approximate surface area is 298 Å². The van der Waals surface area contributed by atoms with Crippen molar-refractivity contribution in [3.8, 4) is 17.0 Å². The van der Waals surface area contributed by atoms with Gasteiger partial charge in [0.15, 0.2) is 5.82 Å². The second-order valence-electron chi connectivity index (χ2n) is 12.0. The molecule has 0 atom stereocenters. The summed E-state index contributed by atoms with van der Waals surface area (Å²) >= 11 is 0. The van der Waals surface area contributed by atoms with Gasteiger partial charge in [-0.15, -0.1) is 0 Å². The quantitative estimate of drug-likeness (QED) is 0.0690. The number of aromatic nitrogens is 2. The van der Waals surface area contributed by atoms with E-state index in [9.17, 15) is 24.8 Å². The second kappa shape index (κ2) is 16.3. The lowest BCUT2D eigenvalue weighted by atomic mass is 10.1. The van der Waals surface area contributed by atoms with Gasteiger partial charge in [-0.1, -0.05) is 84.9 Å². The zero-order valence-corrected chi connectivity index (χ0v) is 27.9. The van der Waals surface area contributed by atoms with Crippen molar-refractivity contribution in [1.29, 1.82) is 0 Å².